The van der Waals surface area contributed by atoms with Crippen LogP contribution < -0.4 is 15.8 Å². The first-order valence-corrected chi connectivity index (χ1v) is 5.64. The van der Waals surface area contributed by atoms with Crippen molar-refractivity contribution in [3.8, 4) is 5.75 Å². The third-order valence-electron chi connectivity index (χ3n) is 2.74. The minimum absolute atomic E-state index is 0.502. The highest BCUT2D eigenvalue weighted by Crippen LogP contribution is 2.17. The fourth-order valence-electron chi connectivity index (χ4n) is 1.57. The predicted octanol–water partition coefficient (Wildman–Crippen LogP) is 1.99. The van der Waals surface area contributed by atoms with Crippen LogP contribution in [-0.4, -0.2) is 17.1 Å². The molecule has 0 spiro atoms. The molecular weight excluding hydrogens is 228 g/mol. The maximum Gasteiger partial charge on any atom is 0.134 e. The van der Waals surface area contributed by atoms with Gasteiger partial charge in [-0.3, -0.25) is 0 Å². The van der Waals surface area contributed by atoms with Gasteiger partial charge in [-0.05, 0) is 24.6 Å². The molecule has 94 valence electrons. The topological polar surface area (TPSA) is 73.1 Å². The SMILES string of the molecule is COc1ccc(CNc2ncnc(N)c2C)cc1. The van der Waals surface area contributed by atoms with Crippen molar-refractivity contribution in [1.82, 2.24) is 9.97 Å². The van der Waals surface area contributed by atoms with Crippen LogP contribution in [0, 0.1) is 6.92 Å². The van der Waals surface area contributed by atoms with Gasteiger partial charge in [0.25, 0.3) is 0 Å². The summed E-state index contributed by atoms with van der Waals surface area (Å²) in [7, 11) is 1.65. The van der Waals surface area contributed by atoms with E-state index in [4.69, 9.17) is 10.5 Å². The number of aromatic nitrogens is 2. The molecule has 0 radical (unpaired) electrons. The van der Waals surface area contributed by atoms with Crippen molar-refractivity contribution in [2.24, 2.45) is 0 Å². The Morgan fingerprint density at radius 3 is 2.61 bits per heavy atom. The van der Waals surface area contributed by atoms with Crippen LogP contribution in [-0.2, 0) is 6.54 Å². The van der Waals surface area contributed by atoms with Crippen molar-refractivity contribution in [2.75, 3.05) is 18.2 Å². The van der Waals surface area contributed by atoms with E-state index in [0.29, 0.717) is 12.4 Å². The zero-order valence-electron chi connectivity index (χ0n) is 10.5. The van der Waals surface area contributed by atoms with Gasteiger partial charge in [-0.2, -0.15) is 0 Å². The lowest BCUT2D eigenvalue weighted by molar-refractivity contribution is 0.414. The molecular formula is C13H16N4O. The average Bonchev–Trinajstić information content (AvgIpc) is 2.41. The molecule has 0 aliphatic rings. The maximum absolute atomic E-state index is 5.72. The Morgan fingerprint density at radius 2 is 1.94 bits per heavy atom. The van der Waals surface area contributed by atoms with Crippen LogP contribution in [0.5, 0.6) is 5.75 Å². The smallest absolute Gasteiger partial charge is 0.134 e. The van der Waals surface area contributed by atoms with Crippen LogP contribution in [0.4, 0.5) is 11.6 Å². The second-order valence-electron chi connectivity index (χ2n) is 3.93. The molecule has 0 atom stereocenters. The molecule has 1 aromatic heterocycles. The van der Waals surface area contributed by atoms with Gasteiger partial charge in [0.05, 0.1) is 7.11 Å². The quantitative estimate of drug-likeness (QED) is 0.860. The van der Waals surface area contributed by atoms with Crippen LogP contribution in [0.3, 0.4) is 0 Å². The third kappa shape index (κ3) is 2.68. The Labute approximate surface area is 106 Å². The number of rotatable bonds is 4. The Hall–Kier alpha value is -2.30. The molecule has 2 rings (SSSR count). The molecule has 3 N–H and O–H groups in total. The maximum atomic E-state index is 5.72. The average molecular weight is 244 g/mol. The van der Waals surface area contributed by atoms with Crippen LogP contribution in [0.15, 0.2) is 30.6 Å². The van der Waals surface area contributed by atoms with Gasteiger partial charge in [0, 0.05) is 12.1 Å². The summed E-state index contributed by atoms with van der Waals surface area (Å²) in [4.78, 5) is 8.09. The summed E-state index contributed by atoms with van der Waals surface area (Å²) >= 11 is 0. The van der Waals surface area contributed by atoms with Gasteiger partial charge in [-0.25, -0.2) is 9.97 Å². The van der Waals surface area contributed by atoms with E-state index in [-0.39, 0.29) is 0 Å². The van der Waals surface area contributed by atoms with E-state index in [1.54, 1.807) is 7.11 Å². The first-order valence-electron chi connectivity index (χ1n) is 5.64. The fourth-order valence-corrected chi connectivity index (χ4v) is 1.57. The van der Waals surface area contributed by atoms with E-state index in [9.17, 15) is 0 Å². The fraction of sp³-hybridized carbons (Fsp3) is 0.231. The molecule has 0 aliphatic carbocycles. The van der Waals surface area contributed by atoms with E-state index in [0.717, 1.165) is 22.7 Å². The number of ether oxygens (including phenoxy) is 1. The zero-order valence-corrected chi connectivity index (χ0v) is 10.5. The molecule has 5 nitrogen and oxygen atoms in total. The van der Waals surface area contributed by atoms with Crippen LogP contribution >= 0.6 is 0 Å². The number of nitrogens with one attached hydrogen (secondary N) is 1. The van der Waals surface area contributed by atoms with Gasteiger partial charge in [-0.1, -0.05) is 12.1 Å². The number of nitrogens with zero attached hydrogens (tertiary/aromatic N) is 2. The van der Waals surface area contributed by atoms with Gasteiger partial charge in [0.2, 0.25) is 0 Å². The molecule has 0 saturated carbocycles. The normalized spacial score (nSPS) is 10.1. The summed E-state index contributed by atoms with van der Waals surface area (Å²) in [6.07, 6.45) is 1.46. The minimum atomic E-state index is 0.502. The number of benzene rings is 1. The Bertz CT molecular complexity index is 525. The first kappa shape index (κ1) is 12.2. The second kappa shape index (κ2) is 5.35. The van der Waals surface area contributed by atoms with E-state index in [1.165, 1.54) is 6.33 Å². The van der Waals surface area contributed by atoms with Gasteiger partial charge in [0.1, 0.15) is 23.7 Å². The van der Waals surface area contributed by atoms with Gasteiger partial charge >= 0.3 is 0 Å². The number of methoxy groups -OCH3 is 1. The lowest BCUT2D eigenvalue weighted by Crippen LogP contribution is -2.06. The van der Waals surface area contributed by atoms with Crippen molar-refractivity contribution in [1.29, 1.82) is 0 Å². The minimum Gasteiger partial charge on any atom is -0.497 e. The lowest BCUT2D eigenvalue weighted by atomic mass is 10.2. The molecule has 5 heteroatoms. The number of nitrogen functional groups attached to an aromatic ring is 1. The summed E-state index contributed by atoms with van der Waals surface area (Å²) in [5.41, 5.74) is 7.73. The summed E-state index contributed by atoms with van der Waals surface area (Å²) in [5, 5.41) is 3.24. The standard InChI is InChI=1S/C13H16N4O/c1-9-12(14)16-8-17-13(9)15-7-10-3-5-11(18-2)6-4-10/h3-6,8H,7H2,1-2H3,(H3,14,15,16,17). The molecule has 1 aromatic carbocycles. The van der Waals surface area contributed by atoms with Crippen molar-refractivity contribution in [3.63, 3.8) is 0 Å². The molecule has 0 saturated heterocycles. The molecule has 0 aliphatic heterocycles. The van der Waals surface area contributed by atoms with E-state index < -0.39 is 0 Å². The number of hydrogen-bond donors (Lipinski definition) is 2. The number of anilines is 2. The van der Waals surface area contributed by atoms with E-state index in [1.807, 2.05) is 31.2 Å². The van der Waals surface area contributed by atoms with E-state index >= 15 is 0 Å². The highest BCUT2D eigenvalue weighted by Gasteiger charge is 2.03. The lowest BCUT2D eigenvalue weighted by Gasteiger charge is -2.09. The largest absolute Gasteiger partial charge is 0.497 e. The number of nitrogens with two attached hydrogens (primary N) is 1. The Morgan fingerprint density at radius 1 is 1.22 bits per heavy atom. The zero-order chi connectivity index (χ0) is 13.0. The van der Waals surface area contributed by atoms with Gasteiger partial charge in [0.15, 0.2) is 0 Å². The van der Waals surface area contributed by atoms with Gasteiger partial charge < -0.3 is 15.8 Å². The molecule has 0 fully saturated rings. The molecule has 0 amide bonds. The molecule has 2 aromatic rings. The monoisotopic (exact) mass is 244 g/mol. The van der Waals surface area contributed by atoms with Crippen LogP contribution in [0.2, 0.25) is 0 Å². The molecule has 0 bridgehead atoms. The van der Waals surface area contributed by atoms with Crippen molar-refractivity contribution in [2.45, 2.75) is 13.5 Å². The Kier molecular flexibility index (Phi) is 3.62. The molecule has 0 unspecified atom stereocenters. The van der Waals surface area contributed by atoms with Crippen molar-refractivity contribution in [3.05, 3.63) is 41.7 Å². The summed E-state index contributed by atoms with van der Waals surface area (Å²) < 4.78 is 5.11. The highest BCUT2D eigenvalue weighted by atomic mass is 16.5. The summed E-state index contributed by atoms with van der Waals surface area (Å²) in [5.74, 6) is 2.11. The summed E-state index contributed by atoms with van der Waals surface area (Å²) in [6.45, 7) is 2.58. The third-order valence-corrected chi connectivity index (χ3v) is 2.74. The predicted molar refractivity (Wildman–Crippen MR) is 71.5 cm³/mol. The first-order chi connectivity index (χ1) is 8.70. The number of hydrogen-bond acceptors (Lipinski definition) is 5. The van der Waals surface area contributed by atoms with E-state index in [2.05, 4.69) is 15.3 Å². The molecule has 1 heterocycles. The van der Waals surface area contributed by atoms with Crippen LogP contribution in [0.1, 0.15) is 11.1 Å². The Balaban J connectivity index is 2.04. The highest BCUT2D eigenvalue weighted by molar-refractivity contribution is 5.54. The summed E-state index contributed by atoms with van der Waals surface area (Å²) in [6, 6.07) is 7.87. The van der Waals surface area contributed by atoms with Gasteiger partial charge in [-0.15, -0.1) is 0 Å². The second-order valence-corrected chi connectivity index (χ2v) is 3.93. The van der Waals surface area contributed by atoms with Crippen molar-refractivity contribution < 1.29 is 4.74 Å². The molecule has 18 heavy (non-hydrogen) atoms. The van der Waals surface area contributed by atoms with Crippen LogP contribution in [0.25, 0.3) is 0 Å². The van der Waals surface area contributed by atoms with Crippen molar-refractivity contribution >= 4 is 11.6 Å².